The van der Waals surface area contributed by atoms with Crippen LogP contribution in [0.5, 0.6) is 0 Å². The van der Waals surface area contributed by atoms with Crippen LogP contribution in [0.1, 0.15) is 41.5 Å². The molecule has 0 radical (unpaired) electrons. The fraction of sp³-hybridized carbons (Fsp3) is 0.308. The summed E-state index contributed by atoms with van der Waals surface area (Å²) in [7, 11) is 0. The average molecular weight is 229 g/mol. The predicted molar refractivity (Wildman–Crippen MR) is 65.6 cm³/mol. The predicted octanol–water partition coefficient (Wildman–Crippen LogP) is 2.51. The van der Waals surface area contributed by atoms with Crippen LogP contribution in [-0.4, -0.2) is 21.3 Å². The lowest BCUT2D eigenvalue weighted by atomic mass is 10.1. The molecule has 4 heteroatoms. The van der Waals surface area contributed by atoms with E-state index in [-0.39, 0.29) is 5.92 Å². The summed E-state index contributed by atoms with van der Waals surface area (Å²) < 4.78 is 1.61. The number of carbonyl (C=O) groups excluding carboxylic acids is 1. The molecular weight excluding hydrogens is 214 g/mol. The Morgan fingerprint density at radius 3 is 2.59 bits per heavy atom. The first kappa shape index (κ1) is 11.5. The van der Waals surface area contributed by atoms with Crippen LogP contribution in [0.15, 0.2) is 24.3 Å². The molecule has 0 unspecified atom stereocenters. The van der Waals surface area contributed by atoms with Gasteiger partial charge in [-0.3, -0.25) is 4.79 Å². The van der Waals surface area contributed by atoms with Gasteiger partial charge in [-0.15, -0.1) is 5.10 Å². The second-order valence-corrected chi connectivity index (χ2v) is 4.33. The van der Waals surface area contributed by atoms with E-state index in [0.717, 1.165) is 23.2 Å². The molecule has 0 bridgehead atoms. The van der Waals surface area contributed by atoms with Crippen molar-refractivity contribution in [1.82, 2.24) is 15.0 Å². The fourth-order valence-corrected chi connectivity index (χ4v) is 1.80. The minimum absolute atomic E-state index is 0.188. The number of carbonyl (C=O) groups is 1. The maximum Gasteiger partial charge on any atom is 0.170 e. The maximum atomic E-state index is 11.2. The highest BCUT2D eigenvalue weighted by atomic mass is 16.1. The highest BCUT2D eigenvalue weighted by molar-refractivity contribution is 5.75. The number of aromatic nitrogens is 3. The molecule has 0 saturated carbocycles. The van der Waals surface area contributed by atoms with E-state index < -0.39 is 0 Å². The van der Waals surface area contributed by atoms with Gasteiger partial charge >= 0.3 is 0 Å². The van der Waals surface area contributed by atoms with Crippen LogP contribution in [0.2, 0.25) is 0 Å². The molecule has 0 aliphatic heterocycles. The molecule has 0 aliphatic rings. The molecule has 88 valence electrons. The van der Waals surface area contributed by atoms with E-state index in [1.807, 2.05) is 45.0 Å². The molecular formula is C13H15N3O. The summed E-state index contributed by atoms with van der Waals surface area (Å²) in [5.41, 5.74) is 3.24. The minimum Gasteiger partial charge on any atom is -0.296 e. The van der Waals surface area contributed by atoms with Crippen molar-refractivity contribution in [1.29, 1.82) is 0 Å². The number of para-hydroxylation sites is 1. The van der Waals surface area contributed by atoms with E-state index in [2.05, 4.69) is 10.3 Å². The number of aldehydes is 1. The third-order valence-electron chi connectivity index (χ3n) is 2.73. The van der Waals surface area contributed by atoms with Gasteiger partial charge in [0, 0.05) is 0 Å². The first-order valence-corrected chi connectivity index (χ1v) is 5.62. The van der Waals surface area contributed by atoms with Gasteiger partial charge in [-0.25, -0.2) is 4.68 Å². The molecule has 17 heavy (non-hydrogen) atoms. The molecule has 0 atom stereocenters. The Labute approximate surface area is 100 Å². The number of benzene rings is 1. The zero-order chi connectivity index (χ0) is 12.4. The molecule has 0 amide bonds. The number of aryl methyl sites for hydroxylation is 1. The number of hydrogen-bond donors (Lipinski definition) is 0. The number of hydrogen-bond acceptors (Lipinski definition) is 3. The standard InChI is InChI=1S/C13H15N3O/c1-9(2)13-12(8-17)16(15-14-13)11-7-5-4-6-10(11)3/h4-9H,1-3H3. The van der Waals surface area contributed by atoms with E-state index in [9.17, 15) is 4.79 Å². The second kappa shape index (κ2) is 4.49. The van der Waals surface area contributed by atoms with Crippen LogP contribution in [-0.2, 0) is 0 Å². The Hall–Kier alpha value is -1.97. The molecule has 0 fully saturated rings. The van der Waals surface area contributed by atoms with Crippen molar-refractivity contribution < 1.29 is 4.79 Å². The van der Waals surface area contributed by atoms with Crippen molar-refractivity contribution in [2.75, 3.05) is 0 Å². The zero-order valence-electron chi connectivity index (χ0n) is 10.2. The van der Waals surface area contributed by atoms with Gasteiger partial charge in [0.1, 0.15) is 5.69 Å². The van der Waals surface area contributed by atoms with Gasteiger partial charge in [-0.1, -0.05) is 37.3 Å². The van der Waals surface area contributed by atoms with Gasteiger partial charge in [-0.05, 0) is 24.5 Å². The Bertz CT molecular complexity index is 543. The Morgan fingerprint density at radius 2 is 2.00 bits per heavy atom. The first-order chi connectivity index (χ1) is 8.15. The summed E-state index contributed by atoms with van der Waals surface area (Å²) in [4.78, 5) is 11.2. The summed E-state index contributed by atoms with van der Waals surface area (Å²) in [5.74, 6) is 0.188. The van der Waals surface area contributed by atoms with Gasteiger partial charge in [0.25, 0.3) is 0 Å². The topological polar surface area (TPSA) is 47.8 Å². The van der Waals surface area contributed by atoms with Crippen molar-refractivity contribution in [2.24, 2.45) is 0 Å². The van der Waals surface area contributed by atoms with Gasteiger partial charge < -0.3 is 0 Å². The Balaban J connectivity index is 2.61. The van der Waals surface area contributed by atoms with Crippen LogP contribution in [0, 0.1) is 6.92 Å². The Morgan fingerprint density at radius 1 is 1.29 bits per heavy atom. The van der Waals surface area contributed by atoms with Crippen LogP contribution in [0.4, 0.5) is 0 Å². The van der Waals surface area contributed by atoms with E-state index in [1.165, 1.54) is 0 Å². The highest BCUT2D eigenvalue weighted by Gasteiger charge is 2.16. The van der Waals surface area contributed by atoms with Crippen molar-refractivity contribution >= 4 is 6.29 Å². The van der Waals surface area contributed by atoms with Gasteiger partial charge in [0.2, 0.25) is 0 Å². The maximum absolute atomic E-state index is 11.2. The van der Waals surface area contributed by atoms with Crippen molar-refractivity contribution in [3.63, 3.8) is 0 Å². The summed E-state index contributed by atoms with van der Waals surface area (Å²) in [6.07, 6.45) is 0.821. The molecule has 1 heterocycles. The van der Waals surface area contributed by atoms with Gasteiger partial charge in [0.15, 0.2) is 6.29 Å². The quantitative estimate of drug-likeness (QED) is 0.760. The van der Waals surface area contributed by atoms with Crippen LogP contribution in [0.25, 0.3) is 5.69 Å². The highest BCUT2D eigenvalue weighted by Crippen LogP contribution is 2.19. The third-order valence-corrected chi connectivity index (χ3v) is 2.73. The molecule has 2 rings (SSSR count). The first-order valence-electron chi connectivity index (χ1n) is 5.62. The second-order valence-electron chi connectivity index (χ2n) is 4.33. The largest absolute Gasteiger partial charge is 0.296 e. The molecule has 0 aliphatic carbocycles. The van der Waals surface area contributed by atoms with Gasteiger partial charge in [-0.2, -0.15) is 0 Å². The minimum atomic E-state index is 0.188. The molecule has 4 nitrogen and oxygen atoms in total. The number of rotatable bonds is 3. The molecule has 2 aromatic rings. The lowest BCUT2D eigenvalue weighted by Gasteiger charge is -2.06. The Kier molecular flexibility index (Phi) is 3.04. The summed E-state index contributed by atoms with van der Waals surface area (Å²) >= 11 is 0. The normalized spacial score (nSPS) is 10.8. The number of nitrogens with zero attached hydrogens (tertiary/aromatic N) is 3. The van der Waals surface area contributed by atoms with E-state index >= 15 is 0 Å². The van der Waals surface area contributed by atoms with Crippen LogP contribution < -0.4 is 0 Å². The zero-order valence-corrected chi connectivity index (χ0v) is 10.2. The monoisotopic (exact) mass is 229 g/mol. The summed E-state index contributed by atoms with van der Waals surface area (Å²) in [6.45, 7) is 5.99. The lowest BCUT2D eigenvalue weighted by Crippen LogP contribution is -2.04. The third kappa shape index (κ3) is 1.98. The van der Waals surface area contributed by atoms with E-state index in [1.54, 1.807) is 4.68 Å². The molecule has 0 N–H and O–H groups in total. The lowest BCUT2D eigenvalue weighted by molar-refractivity contribution is 0.111. The summed E-state index contributed by atoms with van der Waals surface area (Å²) in [5, 5.41) is 8.16. The van der Waals surface area contributed by atoms with Gasteiger partial charge in [0.05, 0.1) is 11.4 Å². The van der Waals surface area contributed by atoms with Crippen molar-refractivity contribution in [3.8, 4) is 5.69 Å². The SMILES string of the molecule is Cc1ccccc1-n1nnc(C(C)C)c1C=O. The van der Waals surface area contributed by atoms with Crippen molar-refractivity contribution in [3.05, 3.63) is 41.2 Å². The van der Waals surface area contributed by atoms with Crippen LogP contribution >= 0.6 is 0 Å². The smallest absolute Gasteiger partial charge is 0.170 e. The van der Waals surface area contributed by atoms with E-state index in [0.29, 0.717) is 5.69 Å². The van der Waals surface area contributed by atoms with E-state index in [4.69, 9.17) is 0 Å². The molecule has 0 saturated heterocycles. The average Bonchev–Trinajstić information content (AvgIpc) is 2.73. The molecule has 1 aromatic carbocycles. The fourth-order valence-electron chi connectivity index (χ4n) is 1.80. The van der Waals surface area contributed by atoms with Crippen LogP contribution in [0.3, 0.4) is 0 Å². The van der Waals surface area contributed by atoms with Crippen molar-refractivity contribution in [2.45, 2.75) is 26.7 Å². The molecule has 1 aromatic heterocycles. The summed E-state index contributed by atoms with van der Waals surface area (Å²) in [6, 6.07) is 7.80. The molecule has 0 spiro atoms.